The summed E-state index contributed by atoms with van der Waals surface area (Å²) >= 11 is 0. The number of hydrogen-bond acceptors (Lipinski definition) is 4. The first kappa shape index (κ1) is 17.8. The second kappa shape index (κ2) is 5.76. The Morgan fingerprint density at radius 3 is 2.67 bits per heavy atom. The average Bonchev–Trinajstić information content (AvgIpc) is 3.42. The molecule has 30 heavy (non-hydrogen) atoms. The van der Waals surface area contributed by atoms with Crippen LogP contribution in [0.3, 0.4) is 0 Å². The molecule has 6 nitrogen and oxygen atoms in total. The van der Waals surface area contributed by atoms with Crippen LogP contribution in [0.15, 0.2) is 42.5 Å². The molecule has 3 saturated heterocycles. The summed E-state index contributed by atoms with van der Waals surface area (Å²) in [5.41, 5.74) is 1.13. The summed E-state index contributed by atoms with van der Waals surface area (Å²) in [6.45, 7) is 2.57. The fourth-order valence-corrected chi connectivity index (χ4v) is 6.25. The third-order valence-electron chi connectivity index (χ3n) is 7.33. The summed E-state index contributed by atoms with van der Waals surface area (Å²) in [5.74, 6) is -3.30. The van der Waals surface area contributed by atoms with Crippen molar-refractivity contribution >= 4 is 29.1 Å². The van der Waals surface area contributed by atoms with Gasteiger partial charge in [0.25, 0.3) is 0 Å². The summed E-state index contributed by atoms with van der Waals surface area (Å²) in [6, 6.07) is 11.3. The van der Waals surface area contributed by atoms with E-state index in [1.807, 2.05) is 25.1 Å². The van der Waals surface area contributed by atoms with Gasteiger partial charge < -0.3 is 5.32 Å². The molecule has 0 radical (unpaired) electrons. The Morgan fingerprint density at radius 1 is 1.07 bits per heavy atom. The minimum absolute atomic E-state index is 0.0375. The molecule has 2 aromatic carbocycles. The number of nitrogens with zero attached hydrogens (tertiary/aromatic N) is 2. The van der Waals surface area contributed by atoms with Crippen molar-refractivity contribution in [3.63, 3.8) is 0 Å². The summed E-state index contributed by atoms with van der Waals surface area (Å²) in [6.07, 6.45) is 1.59. The molecule has 1 N–H and O–H groups in total. The first-order valence-corrected chi connectivity index (χ1v) is 10.3. The summed E-state index contributed by atoms with van der Waals surface area (Å²) < 4.78 is 14.5. The molecule has 0 aromatic heterocycles. The quantitative estimate of drug-likeness (QED) is 0.741. The van der Waals surface area contributed by atoms with Crippen LogP contribution in [0.25, 0.3) is 0 Å². The van der Waals surface area contributed by atoms with E-state index in [0.717, 1.165) is 34.6 Å². The van der Waals surface area contributed by atoms with Gasteiger partial charge in [-0.15, -0.1) is 0 Å². The third kappa shape index (κ3) is 1.85. The molecular formula is C23H20FN3O3. The van der Waals surface area contributed by atoms with Gasteiger partial charge in [0.15, 0.2) is 0 Å². The van der Waals surface area contributed by atoms with Crippen LogP contribution >= 0.6 is 0 Å². The standard InChI is InChI=1S/C23H20FN3O3/c1-12-6-4-7-13-19(12)25-22(30)23(13)18-17(16-10-5-11-26(16)23)20(28)27(21(18)29)15-9-3-2-8-14(15)24/h2-4,6-9,16-18H,5,10-11H2,1H3,(H,25,30)/t16-,17-,18+,23-/m1/s1. The van der Waals surface area contributed by atoms with Crippen LogP contribution < -0.4 is 10.2 Å². The van der Waals surface area contributed by atoms with Gasteiger partial charge in [-0.3, -0.25) is 19.3 Å². The van der Waals surface area contributed by atoms with Gasteiger partial charge in [-0.25, -0.2) is 9.29 Å². The van der Waals surface area contributed by atoms with Crippen LogP contribution in [0.2, 0.25) is 0 Å². The number of anilines is 2. The zero-order valence-electron chi connectivity index (χ0n) is 16.4. The summed E-state index contributed by atoms with van der Waals surface area (Å²) in [7, 11) is 0. The molecule has 0 unspecified atom stereocenters. The van der Waals surface area contributed by atoms with Crippen LogP contribution in [-0.4, -0.2) is 35.2 Å². The second-order valence-corrected chi connectivity index (χ2v) is 8.59. The van der Waals surface area contributed by atoms with E-state index in [1.165, 1.54) is 18.2 Å². The first-order chi connectivity index (χ1) is 14.5. The van der Waals surface area contributed by atoms with E-state index < -0.39 is 35.0 Å². The number of halogens is 1. The Hall–Kier alpha value is -3.06. The maximum atomic E-state index is 14.5. The SMILES string of the molecule is Cc1cccc2c1NC(=O)[C@]21[C@@H]2C(=O)N(c3ccccc3F)C(=O)[C@@H]2[C@H]2CCCN21. The molecule has 4 heterocycles. The van der Waals surface area contributed by atoms with Crippen molar-refractivity contribution in [1.29, 1.82) is 0 Å². The van der Waals surface area contributed by atoms with Gasteiger partial charge >= 0.3 is 0 Å². The normalized spacial score (nSPS) is 32.0. The Labute approximate surface area is 172 Å². The molecule has 152 valence electrons. The highest BCUT2D eigenvalue weighted by Gasteiger charge is 2.74. The smallest absolute Gasteiger partial charge is 0.250 e. The molecule has 0 bridgehead atoms. The lowest BCUT2D eigenvalue weighted by atomic mass is 9.75. The molecule has 3 amide bonds. The van der Waals surface area contributed by atoms with E-state index >= 15 is 0 Å². The number of amides is 3. The number of imide groups is 1. The Bertz CT molecular complexity index is 1150. The molecule has 4 aliphatic heterocycles. The maximum Gasteiger partial charge on any atom is 0.250 e. The van der Waals surface area contributed by atoms with Gasteiger partial charge in [-0.1, -0.05) is 30.3 Å². The highest BCUT2D eigenvalue weighted by molar-refractivity contribution is 6.26. The maximum absolute atomic E-state index is 14.5. The topological polar surface area (TPSA) is 69.7 Å². The van der Waals surface area contributed by atoms with Crippen molar-refractivity contribution in [2.75, 3.05) is 16.8 Å². The number of para-hydroxylation sites is 2. The van der Waals surface area contributed by atoms with Gasteiger partial charge in [-0.05, 0) is 44.0 Å². The van der Waals surface area contributed by atoms with Crippen LogP contribution in [0.1, 0.15) is 24.0 Å². The van der Waals surface area contributed by atoms with Crippen molar-refractivity contribution in [3.05, 3.63) is 59.4 Å². The van der Waals surface area contributed by atoms with Gasteiger partial charge in [0.2, 0.25) is 17.7 Å². The number of carbonyl (C=O) groups is 3. The molecule has 6 rings (SSSR count). The monoisotopic (exact) mass is 405 g/mol. The van der Waals surface area contributed by atoms with Gasteiger partial charge in [0, 0.05) is 17.3 Å². The van der Waals surface area contributed by atoms with Crippen LogP contribution in [0, 0.1) is 24.6 Å². The van der Waals surface area contributed by atoms with E-state index in [-0.39, 0.29) is 17.6 Å². The molecular weight excluding hydrogens is 385 g/mol. The number of carbonyl (C=O) groups excluding carboxylic acids is 3. The van der Waals surface area contributed by atoms with E-state index in [0.29, 0.717) is 6.54 Å². The summed E-state index contributed by atoms with van der Waals surface area (Å²) in [5, 5.41) is 2.99. The number of rotatable bonds is 1. The predicted molar refractivity (Wildman–Crippen MR) is 107 cm³/mol. The minimum atomic E-state index is -1.22. The zero-order valence-corrected chi connectivity index (χ0v) is 16.4. The number of hydrogen-bond donors (Lipinski definition) is 1. The van der Waals surface area contributed by atoms with Gasteiger partial charge in [0.05, 0.1) is 17.5 Å². The van der Waals surface area contributed by atoms with Crippen molar-refractivity contribution in [2.45, 2.75) is 31.3 Å². The third-order valence-corrected chi connectivity index (χ3v) is 7.33. The van der Waals surface area contributed by atoms with Crippen molar-refractivity contribution in [2.24, 2.45) is 11.8 Å². The van der Waals surface area contributed by atoms with E-state index in [2.05, 4.69) is 10.2 Å². The van der Waals surface area contributed by atoms with E-state index in [1.54, 1.807) is 6.07 Å². The van der Waals surface area contributed by atoms with Crippen LogP contribution in [0.4, 0.5) is 15.8 Å². The number of nitrogens with one attached hydrogen (secondary N) is 1. The molecule has 0 saturated carbocycles. The van der Waals surface area contributed by atoms with Crippen molar-refractivity contribution < 1.29 is 18.8 Å². The number of aryl methyl sites for hydroxylation is 1. The van der Waals surface area contributed by atoms with Crippen molar-refractivity contribution in [3.8, 4) is 0 Å². The van der Waals surface area contributed by atoms with Gasteiger partial charge in [-0.2, -0.15) is 0 Å². The molecule has 1 spiro atoms. The molecule has 2 aromatic rings. The average molecular weight is 405 g/mol. The molecule has 4 aliphatic rings. The van der Waals surface area contributed by atoms with Crippen LogP contribution in [0.5, 0.6) is 0 Å². The van der Waals surface area contributed by atoms with E-state index in [9.17, 15) is 18.8 Å². The fourth-order valence-electron chi connectivity index (χ4n) is 6.25. The van der Waals surface area contributed by atoms with E-state index in [4.69, 9.17) is 0 Å². The first-order valence-electron chi connectivity index (χ1n) is 10.3. The lowest BCUT2D eigenvalue weighted by Gasteiger charge is -2.36. The molecule has 7 heteroatoms. The Morgan fingerprint density at radius 2 is 1.87 bits per heavy atom. The highest BCUT2D eigenvalue weighted by Crippen LogP contribution is 2.61. The Kier molecular flexibility index (Phi) is 3.41. The van der Waals surface area contributed by atoms with Crippen LogP contribution in [-0.2, 0) is 19.9 Å². The molecule has 4 atom stereocenters. The fraction of sp³-hybridized carbons (Fsp3) is 0.348. The molecule has 3 fully saturated rings. The zero-order chi connectivity index (χ0) is 20.8. The summed E-state index contributed by atoms with van der Waals surface area (Å²) in [4.78, 5) is 43.8. The second-order valence-electron chi connectivity index (χ2n) is 8.59. The minimum Gasteiger partial charge on any atom is -0.324 e. The Balaban J connectivity index is 1.59. The number of fused-ring (bicyclic) bond motifs is 7. The lowest BCUT2D eigenvalue weighted by molar-refractivity contribution is -0.135. The number of benzene rings is 2. The largest absolute Gasteiger partial charge is 0.324 e. The molecule has 0 aliphatic carbocycles. The van der Waals surface area contributed by atoms with Crippen molar-refractivity contribution in [1.82, 2.24) is 4.90 Å². The highest BCUT2D eigenvalue weighted by atomic mass is 19.1. The van der Waals surface area contributed by atoms with Gasteiger partial charge in [0.1, 0.15) is 11.4 Å². The predicted octanol–water partition coefficient (Wildman–Crippen LogP) is 2.57. The lowest BCUT2D eigenvalue weighted by Crippen LogP contribution is -2.54.